The second kappa shape index (κ2) is 8.10. The number of pyridine rings is 1. The van der Waals surface area contributed by atoms with Gasteiger partial charge in [0, 0.05) is 48.3 Å². The van der Waals surface area contributed by atoms with E-state index in [0.717, 1.165) is 41.6 Å². The molecule has 0 aliphatic rings. The second-order valence-corrected chi connectivity index (χ2v) is 6.35. The zero-order chi connectivity index (χ0) is 17.6. The molecule has 25 heavy (non-hydrogen) atoms. The van der Waals surface area contributed by atoms with E-state index < -0.39 is 0 Å². The number of rotatable bonds is 7. The number of hydrogen-bond donors (Lipinski definition) is 0. The van der Waals surface area contributed by atoms with E-state index in [0.29, 0.717) is 0 Å². The fourth-order valence-corrected chi connectivity index (χ4v) is 2.99. The van der Waals surface area contributed by atoms with Crippen molar-refractivity contribution in [1.29, 1.82) is 0 Å². The summed E-state index contributed by atoms with van der Waals surface area (Å²) in [5, 5.41) is 5.13. The van der Waals surface area contributed by atoms with Crippen LogP contribution < -0.4 is 0 Å². The third-order valence-electron chi connectivity index (χ3n) is 4.18. The molecular formula is C20H21ClN4. The van der Waals surface area contributed by atoms with Crippen molar-refractivity contribution in [3.8, 4) is 0 Å². The minimum Gasteiger partial charge on any atom is -0.289 e. The van der Waals surface area contributed by atoms with Crippen molar-refractivity contribution >= 4 is 17.8 Å². The van der Waals surface area contributed by atoms with Crippen LogP contribution in [0.4, 0.5) is 0 Å². The Balaban J connectivity index is 1.84. The van der Waals surface area contributed by atoms with Gasteiger partial charge < -0.3 is 0 Å². The van der Waals surface area contributed by atoms with Gasteiger partial charge in [0.1, 0.15) is 0 Å². The van der Waals surface area contributed by atoms with Crippen LogP contribution in [0.15, 0.2) is 61.4 Å². The molecule has 0 saturated carbocycles. The standard InChI is InChI=1S/C20H21ClN4/c1-3-25-16(2)18(12-23-25)14-24(15-19-9-6-7-11-22-19)13-17-8-4-5-10-20(17)21/h3-12H,1,13-15H2,2H3. The lowest BCUT2D eigenvalue weighted by molar-refractivity contribution is 0.244. The lowest BCUT2D eigenvalue weighted by Crippen LogP contribution is -2.23. The molecule has 0 bridgehead atoms. The van der Waals surface area contributed by atoms with E-state index in [1.54, 1.807) is 10.9 Å². The molecule has 0 radical (unpaired) electrons. The summed E-state index contributed by atoms with van der Waals surface area (Å²) in [6.45, 7) is 8.10. The summed E-state index contributed by atoms with van der Waals surface area (Å²) >= 11 is 6.36. The third kappa shape index (κ3) is 4.35. The van der Waals surface area contributed by atoms with Gasteiger partial charge in [-0.2, -0.15) is 5.10 Å². The molecule has 0 saturated heterocycles. The van der Waals surface area contributed by atoms with Gasteiger partial charge in [-0.25, -0.2) is 4.68 Å². The molecule has 0 unspecified atom stereocenters. The van der Waals surface area contributed by atoms with E-state index in [1.165, 1.54) is 5.56 Å². The molecule has 2 aromatic heterocycles. The molecule has 5 heteroatoms. The summed E-state index contributed by atoms with van der Waals surface area (Å²) in [5.74, 6) is 0. The van der Waals surface area contributed by atoms with Crippen LogP contribution in [-0.2, 0) is 19.6 Å². The molecule has 0 aliphatic carbocycles. The predicted octanol–water partition coefficient (Wildman–Crippen LogP) is 4.54. The van der Waals surface area contributed by atoms with E-state index >= 15 is 0 Å². The first-order valence-corrected chi connectivity index (χ1v) is 8.56. The van der Waals surface area contributed by atoms with Crippen molar-refractivity contribution in [2.24, 2.45) is 0 Å². The van der Waals surface area contributed by atoms with E-state index in [2.05, 4.69) is 34.6 Å². The lowest BCUT2D eigenvalue weighted by Gasteiger charge is -2.22. The van der Waals surface area contributed by atoms with Crippen molar-refractivity contribution in [3.63, 3.8) is 0 Å². The number of aromatic nitrogens is 3. The fourth-order valence-electron chi connectivity index (χ4n) is 2.80. The second-order valence-electron chi connectivity index (χ2n) is 5.94. The van der Waals surface area contributed by atoms with Gasteiger partial charge in [-0.3, -0.25) is 9.88 Å². The van der Waals surface area contributed by atoms with E-state index in [9.17, 15) is 0 Å². The minimum atomic E-state index is 0.741. The molecule has 0 amide bonds. The Morgan fingerprint density at radius 2 is 1.84 bits per heavy atom. The highest BCUT2D eigenvalue weighted by Crippen LogP contribution is 2.20. The first kappa shape index (κ1) is 17.4. The van der Waals surface area contributed by atoms with Gasteiger partial charge in [0.25, 0.3) is 0 Å². The Bertz CT molecular complexity index is 842. The van der Waals surface area contributed by atoms with E-state index in [4.69, 9.17) is 11.6 Å². The summed E-state index contributed by atoms with van der Waals surface area (Å²) in [6, 6.07) is 13.9. The van der Waals surface area contributed by atoms with Crippen LogP contribution in [0.3, 0.4) is 0 Å². The Morgan fingerprint density at radius 3 is 2.52 bits per heavy atom. The Morgan fingerprint density at radius 1 is 1.08 bits per heavy atom. The molecule has 0 fully saturated rings. The zero-order valence-electron chi connectivity index (χ0n) is 14.3. The minimum absolute atomic E-state index is 0.741. The smallest absolute Gasteiger partial charge is 0.0544 e. The van der Waals surface area contributed by atoms with Crippen LogP contribution in [0.25, 0.3) is 6.20 Å². The van der Waals surface area contributed by atoms with Crippen molar-refractivity contribution in [3.05, 3.63) is 89.0 Å². The lowest BCUT2D eigenvalue weighted by atomic mass is 10.1. The van der Waals surface area contributed by atoms with E-state index in [-0.39, 0.29) is 0 Å². The molecule has 3 aromatic rings. The summed E-state index contributed by atoms with van der Waals surface area (Å²) in [7, 11) is 0. The molecule has 128 valence electrons. The van der Waals surface area contributed by atoms with Crippen LogP contribution in [0.2, 0.25) is 5.02 Å². The van der Waals surface area contributed by atoms with Gasteiger partial charge in [-0.05, 0) is 30.7 Å². The fraction of sp³-hybridized carbons (Fsp3) is 0.200. The molecule has 0 spiro atoms. The van der Waals surface area contributed by atoms with Crippen molar-refractivity contribution in [1.82, 2.24) is 19.7 Å². The molecule has 0 atom stereocenters. The molecule has 1 aromatic carbocycles. The Hall–Kier alpha value is -2.43. The summed E-state index contributed by atoms with van der Waals surface area (Å²) < 4.78 is 1.80. The summed E-state index contributed by atoms with van der Waals surface area (Å²) in [5.41, 5.74) is 4.40. The summed E-state index contributed by atoms with van der Waals surface area (Å²) in [6.07, 6.45) is 5.44. The Labute approximate surface area is 153 Å². The van der Waals surface area contributed by atoms with Crippen molar-refractivity contribution in [2.75, 3.05) is 0 Å². The zero-order valence-corrected chi connectivity index (χ0v) is 15.0. The maximum Gasteiger partial charge on any atom is 0.0544 e. The highest BCUT2D eigenvalue weighted by atomic mass is 35.5. The topological polar surface area (TPSA) is 34.0 Å². The van der Waals surface area contributed by atoms with Gasteiger partial charge >= 0.3 is 0 Å². The summed E-state index contributed by atoms with van der Waals surface area (Å²) in [4.78, 5) is 6.78. The maximum atomic E-state index is 6.36. The normalized spacial score (nSPS) is 11.0. The number of hydrogen-bond acceptors (Lipinski definition) is 3. The van der Waals surface area contributed by atoms with Crippen molar-refractivity contribution < 1.29 is 0 Å². The molecular weight excluding hydrogens is 332 g/mol. The van der Waals surface area contributed by atoms with Gasteiger partial charge in [-0.1, -0.05) is 42.4 Å². The van der Waals surface area contributed by atoms with Crippen LogP contribution in [0.1, 0.15) is 22.5 Å². The monoisotopic (exact) mass is 352 g/mol. The van der Waals surface area contributed by atoms with Gasteiger partial charge in [0.05, 0.1) is 11.9 Å². The average Bonchev–Trinajstić information content (AvgIpc) is 2.97. The first-order valence-electron chi connectivity index (χ1n) is 8.18. The van der Waals surface area contributed by atoms with Gasteiger partial charge in [0.15, 0.2) is 0 Å². The van der Waals surface area contributed by atoms with Crippen LogP contribution in [0, 0.1) is 6.92 Å². The van der Waals surface area contributed by atoms with Crippen LogP contribution in [0.5, 0.6) is 0 Å². The maximum absolute atomic E-state index is 6.36. The first-order chi connectivity index (χ1) is 12.2. The number of benzene rings is 1. The van der Waals surface area contributed by atoms with Gasteiger partial charge in [0.2, 0.25) is 0 Å². The average molecular weight is 353 g/mol. The van der Waals surface area contributed by atoms with Gasteiger partial charge in [-0.15, -0.1) is 0 Å². The third-order valence-corrected chi connectivity index (χ3v) is 4.55. The highest BCUT2D eigenvalue weighted by Gasteiger charge is 2.14. The number of nitrogens with zero attached hydrogens (tertiary/aromatic N) is 4. The predicted molar refractivity (Wildman–Crippen MR) is 102 cm³/mol. The molecule has 3 rings (SSSR count). The van der Waals surface area contributed by atoms with Crippen LogP contribution >= 0.6 is 11.6 Å². The molecule has 0 aliphatic heterocycles. The Kier molecular flexibility index (Phi) is 5.64. The number of halogens is 1. The highest BCUT2D eigenvalue weighted by molar-refractivity contribution is 6.31. The van der Waals surface area contributed by atoms with E-state index in [1.807, 2.05) is 48.8 Å². The molecule has 2 heterocycles. The SMILES string of the molecule is C=Cn1ncc(CN(Cc2ccccn2)Cc2ccccc2Cl)c1C. The molecule has 4 nitrogen and oxygen atoms in total. The quantitative estimate of drug-likeness (QED) is 0.626. The molecule has 0 N–H and O–H groups in total. The van der Waals surface area contributed by atoms with Crippen LogP contribution in [-0.4, -0.2) is 19.7 Å². The largest absolute Gasteiger partial charge is 0.289 e. The van der Waals surface area contributed by atoms with Crippen molar-refractivity contribution in [2.45, 2.75) is 26.6 Å².